The van der Waals surface area contributed by atoms with Crippen LogP contribution in [-0.4, -0.2) is 19.4 Å². The lowest BCUT2D eigenvalue weighted by molar-refractivity contribution is 0.101. The number of carbonyl (C=O) groups excluding carboxylic acids is 1. The molecule has 0 bridgehead atoms. The zero-order valence-corrected chi connectivity index (χ0v) is 9.71. The zero-order chi connectivity index (χ0) is 11.4. The largest absolute Gasteiger partial charge is 0.370 e. The van der Waals surface area contributed by atoms with Crippen LogP contribution < -0.4 is 4.90 Å². The van der Waals surface area contributed by atoms with E-state index >= 15 is 0 Å². The van der Waals surface area contributed by atoms with E-state index in [0.717, 1.165) is 12.2 Å². The molecule has 0 fully saturated rings. The SMILES string of the molecule is C=CCN(C)c1ccc(C(C)=O)cc1Cl. The Morgan fingerprint density at radius 3 is 2.73 bits per heavy atom. The van der Waals surface area contributed by atoms with Crippen molar-refractivity contribution in [1.82, 2.24) is 0 Å². The van der Waals surface area contributed by atoms with Gasteiger partial charge in [0.15, 0.2) is 5.78 Å². The summed E-state index contributed by atoms with van der Waals surface area (Å²) < 4.78 is 0. The molecule has 0 heterocycles. The van der Waals surface area contributed by atoms with Crippen LogP contribution in [0.5, 0.6) is 0 Å². The highest BCUT2D eigenvalue weighted by Gasteiger charge is 2.07. The van der Waals surface area contributed by atoms with Gasteiger partial charge >= 0.3 is 0 Å². The molecule has 0 saturated heterocycles. The van der Waals surface area contributed by atoms with Crippen LogP contribution in [0.15, 0.2) is 30.9 Å². The van der Waals surface area contributed by atoms with E-state index in [2.05, 4.69) is 6.58 Å². The number of hydrogen-bond donors (Lipinski definition) is 0. The van der Waals surface area contributed by atoms with E-state index in [9.17, 15) is 4.79 Å². The molecule has 0 saturated carbocycles. The second-order valence-electron chi connectivity index (χ2n) is 3.39. The molecule has 1 rings (SSSR count). The van der Waals surface area contributed by atoms with E-state index in [1.807, 2.05) is 18.0 Å². The predicted molar refractivity (Wildman–Crippen MR) is 64.9 cm³/mol. The number of hydrogen-bond acceptors (Lipinski definition) is 2. The summed E-state index contributed by atoms with van der Waals surface area (Å²) in [6.45, 7) is 5.91. The molecule has 0 radical (unpaired) electrons. The first-order valence-electron chi connectivity index (χ1n) is 4.68. The smallest absolute Gasteiger partial charge is 0.159 e. The molecule has 15 heavy (non-hydrogen) atoms. The van der Waals surface area contributed by atoms with Crippen molar-refractivity contribution >= 4 is 23.1 Å². The number of likely N-dealkylation sites (N-methyl/N-ethyl adjacent to an activating group) is 1. The third-order valence-corrected chi connectivity index (χ3v) is 2.47. The van der Waals surface area contributed by atoms with Gasteiger partial charge in [-0.05, 0) is 25.1 Å². The van der Waals surface area contributed by atoms with Crippen LogP contribution in [0.1, 0.15) is 17.3 Å². The molecule has 80 valence electrons. The van der Waals surface area contributed by atoms with E-state index in [0.29, 0.717) is 10.6 Å². The molecule has 0 aliphatic carbocycles. The topological polar surface area (TPSA) is 20.3 Å². The Morgan fingerprint density at radius 2 is 2.27 bits per heavy atom. The first kappa shape index (κ1) is 11.8. The summed E-state index contributed by atoms with van der Waals surface area (Å²) in [6.07, 6.45) is 1.80. The zero-order valence-electron chi connectivity index (χ0n) is 8.96. The number of anilines is 1. The van der Waals surface area contributed by atoms with Gasteiger partial charge in [-0.25, -0.2) is 0 Å². The fourth-order valence-electron chi connectivity index (χ4n) is 1.33. The molecule has 1 aromatic carbocycles. The van der Waals surface area contributed by atoms with Crippen molar-refractivity contribution in [3.05, 3.63) is 41.4 Å². The van der Waals surface area contributed by atoms with Crippen LogP contribution in [0.2, 0.25) is 5.02 Å². The molecule has 1 aromatic rings. The van der Waals surface area contributed by atoms with Gasteiger partial charge in [0.2, 0.25) is 0 Å². The van der Waals surface area contributed by atoms with Gasteiger partial charge in [0.05, 0.1) is 10.7 Å². The van der Waals surface area contributed by atoms with E-state index in [1.54, 1.807) is 18.2 Å². The standard InChI is InChI=1S/C12H14ClNO/c1-4-7-14(3)12-6-5-10(9(2)15)8-11(12)13/h4-6,8H,1,7H2,2-3H3. The summed E-state index contributed by atoms with van der Waals surface area (Å²) in [5, 5.41) is 0.590. The highest BCUT2D eigenvalue weighted by atomic mass is 35.5. The first-order chi connectivity index (χ1) is 7.06. The van der Waals surface area contributed by atoms with Gasteiger partial charge in [-0.3, -0.25) is 4.79 Å². The fourth-order valence-corrected chi connectivity index (χ4v) is 1.65. The summed E-state index contributed by atoms with van der Waals surface area (Å²) in [7, 11) is 1.93. The summed E-state index contributed by atoms with van der Waals surface area (Å²) in [4.78, 5) is 13.1. The lowest BCUT2D eigenvalue weighted by Crippen LogP contribution is -2.17. The second kappa shape index (κ2) is 4.99. The Labute approximate surface area is 95.2 Å². The van der Waals surface area contributed by atoms with Crippen LogP contribution in [0.25, 0.3) is 0 Å². The molecule has 2 nitrogen and oxygen atoms in total. The number of nitrogens with zero attached hydrogens (tertiary/aromatic N) is 1. The fraction of sp³-hybridized carbons (Fsp3) is 0.250. The van der Waals surface area contributed by atoms with E-state index in [1.165, 1.54) is 6.92 Å². The molecule has 0 spiro atoms. The third-order valence-electron chi connectivity index (χ3n) is 2.17. The van der Waals surface area contributed by atoms with Gasteiger partial charge in [-0.1, -0.05) is 17.7 Å². The Morgan fingerprint density at radius 1 is 1.60 bits per heavy atom. The van der Waals surface area contributed by atoms with Gasteiger partial charge in [-0.15, -0.1) is 6.58 Å². The monoisotopic (exact) mass is 223 g/mol. The molecule has 0 aliphatic heterocycles. The molecule has 3 heteroatoms. The lowest BCUT2D eigenvalue weighted by Gasteiger charge is -2.18. The third kappa shape index (κ3) is 2.83. The molecular formula is C12H14ClNO. The van der Waals surface area contributed by atoms with Crippen LogP contribution >= 0.6 is 11.6 Å². The van der Waals surface area contributed by atoms with Crippen molar-refractivity contribution < 1.29 is 4.79 Å². The van der Waals surface area contributed by atoms with Gasteiger partial charge in [-0.2, -0.15) is 0 Å². The van der Waals surface area contributed by atoms with Gasteiger partial charge < -0.3 is 4.90 Å². The summed E-state index contributed by atoms with van der Waals surface area (Å²) in [5.74, 6) is 0.0230. The van der Waals surface area contributed by atoms with Crippen LogP contribution in [-0.2, 0) is 0 Å². The molecule has 0 aromatic heterocycles. The average molecular weight is 224 g/mol. The van der Waals surface area contributed by atoms with Crippen molar-refractivity contribution in [2.24, 2.45) is 0 Å². The van der Waals surface area contributed by atoms with Gasteiger partial charge in [0.1, 0.15) is 0 Å². The minimum Gasteiger partial charge on any atom is -0.370 e. The highest BCUT2D eigenvalue weighted by molar-refractivity contribution is 6.33. The van der Waals surface area contributed by atoms with E-state index in [4.69, 9.17) is 11.6 Å². The molecular weight excluding hydrogens is 210 g/mol. The minimum atomic E-state index is 0.0230. The van der Waals surface area contributed by atoms with Crippen LogP contribution in [0.4, 0.5) is 5.69 Å². The Hall–Kier alpha value is -1.28. The number of Topliss-reactive ketones (excluding diaryl/α,β-unsaturated/α-hetero) is 1. The van der Waals surface area contributed by atoms with Crippen molar-refractivity contribution in [3.63, 3.8) is 0 Å². The first-order valence-corrected chi connectivity index (χ1v) is 5.06. The Balaban J connectivity index is 3.02. The highest BCUT2D eigenvalue weighted by Crippen LogP contribution is 2.26. The van der Waals surface area contributed by atoms with Crippen LogP contribution in [0, 0.1) is 0 Å². The van der Waals surface area contributed by atoms with Crippen molar-refractivity contribution in [2.45, 2.75) is 6.92 Å². The molecule has 0 aliphatic rings. The maximum atomic E-state index is 11.1. The minimum absolute atomic E-state index is 0.0230. The number of benzene rings is 1. The number of ketones is 1. The average Bonchev–Trinajstić information content (AvgIpc) is 2.17. The summed E-state index contributed by atoms with van der Waals surface area (Å²) in [5.41, 5.74) is 1.54. The molecule has 0 unspecified atom stereocenters. The second-order valence-corrected chi connectivity index (χ2v) is 3.80. The molecule has 0 N–H and O–H groups in total. The van der Waals surface area contributed by atoms with Crippen LogP contribution in [0.3, 0.4) is 0 Å². The van der Waals surface area contributed by atoms with Gasteiger partial charge in [0, 0.05) is 19.2 Å². The summed E-state index contributed by atoms with van der Waals surface area (Å²) >= 11 is 6.08. The lowest BCUT2D eigenvalue weighted by atomic mass is 10.1. The number of halogens is 1. The van der Waals surface area contributed by atoms with Crippen molar-refractivity contribution in [1.29, 1.82) is 0 Å². The predicted octanol–water partition coefficient (Wildman–Crippen LogP) is 3.16. The molecule has 0 amide bonds. The van der Waals surface area contributed by atoms with Crippen molar-refractivity contribution in [2.75, 3.05) is 18.5 Å². The maximum absolute atomic E-state index is 11.1. The maximum Gasteiger partial charge on any atom is 0.159 e. The number of rotatable bonds is 4. The normalized spacial score (nSPS) is 9.80. The summed E-state index contributed by atoms with van der Waals surface area (Å²) in [6, 6.07) is 5.32. The van der Waals surface area contributed by atoms with Gasteiger partial charge in [0.25, 0.3) is 0 Å². The van der Waals surface area contributed by atoms with E-state index in [-0.39, 0.29) is 5.78 Å². The Kier molecular flexibility index (Phi) is 3.92. The Bertz CT molecular complexity index is 387. The number of carbonyl (C=O) groups is 1. The van der Waals surface area contributed by atoms with E-state index < -0.39 is 0 Å². The quantitative estimate of drug-likeness (QED) is 0.577. The molecule has 0 atom stereocenters. The van der Waals surface area contributed by atoms with Crippen molar-refractivity contribution in [3.8, 4) is 0 Å².